The molecule has 8 heteroatoms. The van der Waals surface area contributed by atoms with E-state index in [0.717, 1.165) is 12.1 Å². The fraction of sp³-hybridized carbons (Fsp3) is 0.176. The van der Waals surface area contributed by atoms with Crippen molar-refractivity contribution in [3.05, 3.63) is 53.1 Å². The van der Waals surface area contributed by atoms with Crippen molar-refractivity contribution in [3.63, 3.8) is 0 Å². The topological polar surface area (TPSA) is 87.7 Å². The smallest absolute Gasteiger partial charge is 0.258 e. The van der Waals surface area contributed by atoms with Crippen LogP contribution in [0.15, 0.2) is 30.3 Å². The highest BCUT2D eigenvalue weighted by Gasteiger charge is 2.19. The predicted octanol–water partition coefficient (Wildman–Crippen LogP) is 1.74. The van der Waals surface area contributed by atoms with Gasteiger partial charge in [0.15, 0.2) is 11.5 Å². The van der Waals surface area contributed by atoms with Gasteiger partial charge < -0.3 is 24.7 Å². The first-order chi connectivity index (χ1) is 12.0. The van der Waals surface area contributed by atoms with Crippen molar-refractivity contribution in [2.24, 2.45) is 0 Å². The maximum Gasteiger partial charge on any atom is 0.258 e. The molecule has 1 N–H and O–H groups in total. The monoisotopic (exact) mass is 348 g/mol. The first-order valence-electron chi connectivity index (χ1n) is 7.37. The Morgan fingerprint density at radius 3 is 2.32 bits per heavy atom. The van der Waals surface area contributed by atoms with E-state index in [1.54, 1.807) is 0 Å². The highest BCUT2D eigenvalue weighted by atomic mass is 19.1. The van der Waals surface area contributed by atoms with Gasteiger partial charge in [-0.05, 0) is 18.2 Å². The predicted molar refractivity (Wildman–Crippen MR) is 80.7 cm³/mol. The summed E-state index contributed by atoms with van der Waals surface area (Å²) in [5.74, 6) is -3.93. The van der Waals surface area contributed by atoms with E-state index in [2.05, 4.69) is 5.32 Å². The first kappa shape index (κ1) is 16.7. The number of carboxylic acids is 1. The van der Waals surface area contributed by atoms with Gasteiger partial charge in [0.05, 0.1) is 30.4 Å². The van der Waals surface area contributed by atoms with Crippen molar-refractivity contribution in [2.75, 3.05) is 18.5 Å². The van der Waals surface area contributed by atoms with E-state index in [9.17, 15) is 23.5 Å². The number of anilines is 1. The van der Waals surface area contributed by atoms with Gasteiger partial charge in [-0.3, -0.25) is 4.79 Å². The van der Waals surface area contributed by atoms with E-state index >= 15 is 0 Å². The molecule has 1 aliphatic rings. The molecule has 0 radical (unpaired) electrons. The van der Waals surface area contributed by atoms with Gasteiger partial charge >= 0.3 is 0 Å². The number of carbonyl (C=O) groups is 2. The summed E-state index contributed by atoms with van der Waals surface area (Å²) in [5, 5.41) is 13.6. The lowest BCUT2D eigenvalue weighted by molar-refractivity contribution is -0.254. The molecule has 0 saturated carbocycles. The molecule has 3 rings (SSSR count). The number of aromatic carboxylic acids is 1. The minimum Gasteiger partial charge on any atom is -0.545 e. The molecule has 0 aromatic heterocycles. The number of benzene rings is 2. The average Bonchev–Trinajstić information content (AvgIpc) is 2.78. The quantitative estimate of drug-likeness (QED) is 0.913. The Labute approximate surface area is 141 Å². The third-order valence-electron chi connectivity index (χ3n) is 3.53. The van der Waals surface area contributed by atoms with Crippen LogP contribution in [0.4, 0.5) is 14.5 Å². The van der Waals surface area contributed by atoms with Gasteiger partial charge in [0, 0.05) is 24.1 Å². The first-order valence-corrected chi connectivity index (χ1v) is 7.37. The Kier molecular flexibility index (Phi) is 4.51. The molecule has 0 aliphatic carbocycles. The fourth-order valence-corrected chi connectivity index (χ4v) is 2.34. The zero-order valence-electron chi connectivity index (χ0n) is 12.8. The van der Waals surface area contributed by atoms with E-state index in [0.29, 0.717) is 25.7 Å². The molecule has 1 amide bonds. The van der Waals surface area contributed by atoms with Crippen LogP contribution < -0.4 is 19.9 Å². The average molecular weight is 348 g/mol. The lowest BCUT2D eigenvalue weighted by Gasteiger charge is -2.16. The molecule has 2 aromatic carbocycles. The molecule has 0 unspecified atom stereocenters. The van der Waals surface area contributed by atoms with Crippen LogP contribution in [0.25, 0.3) is 0 Å². The van der Waals surface area contributed by atoms with Crippen LogP contribution >= 0.6 is 0 Å². The van der Waals surface area contributed by atoms with Gasteiger partial charge in [-0.15, -0.1) is 0 Å². The summed E-state index contributed by atoms with van der Waals surface area (Å²) in [4.78, 5) is 23.5. The number of hydrogen-bond donors (Lipinski definition) is 1. The van der Waals surface area contributed by atoms with Crippen molar-refractivity contribution in [3.8, 4) is 11.5 Å². The summed E-state index contributed by atoms with van der Waals surface area (Å²) in [6, 6.07) is 4.88. The van der Waals surface area contributed by atoms with Crippen molar-refractivity contribution >= 4 is 17.6 Å². The van der Waals surface area contributed by atoms with Crippen LogP contribution in [0.2, 0.25) is 0 Å². The Morgan fingerprint density at radius 2 is 1.68 bits per heavy atom. The number of halogens is 2. The van der Waals surface area contributed by atoms with Crippen LogP contribution in [0.1, 0.15) is 27.1 Å². The number of carboxylic acid groups (broad SMARTS) is 1. The Morgan fingerprint density at radius 1 is 1.00 bits per heavy atom. The van der Waals surface area contributed by atoms with Gasteiger partial charge in [0.2, 0.25) is 0 Å². The summed E-state index contributed by atoms with van der Waals surface area (Å²) in [6.07, 6.45) is 0.609. The van der Waals surface area contributed by atoms with Gasteiger partial charge in [0.25, 0.3) is 5.91 Å². The largest absolute Gasteiger partial charge is 0.545 e. The molecule has 0 spiro atoms. The number of hydrogen-bond acceptors (Lipinski definition) is 5. The number of fused-ring (bicyclic) bond motifs is 1. The Bertz CT molecular complexity index is 853. The summed E-state index contributed by atoms with van der Waals surface area (Å²) < 4.78 is 37.5. The van der Waals surface area contributed by atoms with Crippen molar-refractivity contribution in [1.82, 2.24) is 0 Å². The maximum absolute atomic E-state index is 13.7. The van der Waals surface area contributed by atoms with Gasteiger partial charge in [-0.25, -0.2) is 8.78 Å². The molecule has 2 aromatic rings. The standard InChI is InChI=1S/C17H13F2NO5/c18-9-2-3-10(12(19)6-9)16(21)20-13-8-15-14(7-11(13)17(22)23)24-4-1-5-25-15/h2-3,6-8H,1,4-5H2,(H,20,21)(H,22,23)/p-1. The highest BCUT2D eigenvalue weighted by Crippen LogP contribution is 2.35. The minimum absolute atomic E-state index is 0.141. The Hall–Kier alpha value is -3.16. The molecule has 1 aliphatic heterocycles. The molecule has 0 saturated heterocycles. The van der Waals surface area contributed by atoms with Gasteiger partial charge in [-0.1, -0.05) is 0 Å². The minimum atomic E-state index is -1.55. The number of rotatable bonds is 3. The zero-order valence-corrected chi connectivity index (χ0v) is 12.8. The fourth-order valence-electron chi connectivity index (χ4n) is 2.34. The number of carbonyl (C=O) groups excluding carboxylic acids is 2. The summed E-state index contributed by atoms with van der Waals surface area (Å²) >= 11 is 0. The van der Waals surface area contributed by atoms with Crippen LogP contribution in [0.3, 0.4) is 0 Å². The van der Waals surface area contributed by atoms with Crippen molar-refractivity contribution < 1.29 is 33.0 Å². The number of nitrogens with one attached hydrogen (secondary N) is 1. The van der Waals surface area contributed by atoms with E-state index in [4.69, 9.17) is 9.47 Å². The third-order valence-corrected chi connectivity index (χ3v) is 3.53. The van der Waals surface area contributed by atoms with Crippen molar-refractivity contribution in [2.45, 2.75) is 6.42 Å². The summed E-state index contributed by atoms with van der Waals surface area (Å²) in [6.45, 7) is 0.712. The molecule has 0 bridgehead atoms. The van der Waals surface area contributed by atoms with E-state index in [-0.39, 0.29) is 22.7 Å². The maximum atomic E-state index is 13.7. The SMILES string of the molecule is O=C(Nc1cc2c(cc1C(=O)[O-])OCCCO2)c1ccc(F)cc1F. The molecule has 0 fully saturated rings. The molecule has 6 nitrogen and oxygen atoms in total. The van der Waals surface area contributed by atoms with E-state index in [1.165, 1.54) is 12.1 Å². The van der Waals surface area contributed by atoms with Gasteiger partial charge in [0.1, 0.15) is 11.6 Å². The van der Waals surface area contributed by atoms with Crippen molar-refractivity contribution in [1.29, 1.82) is 0 Å². The molecule has 0 atom stereocenters. The highest BCUT2D eigenvalue weighted by molar-refractivity contribution is 6.08. The lowest BCUT2D eigenvalue weighted by atomic mass is 10.1. The number of ether oxygens (including phenoxy) is 2. The number of amides is 1. The second-order valence-electron chi connectivity index (χ2n) is 5.26. The van der Waals surface area contributed by atoms with Crippen LogP contribution in [0.5, 0.6) is 11.5 Å². The zero-order chi connectivity index (χ0) is 18.0. The normalized spacial score (nSPS) is 13.0. The van der Waals surface area contributed by atoms with Crippen LogP contribution in [-0.4, -0.2) is 25.1 Å². The Balaban J connectivity index is 1.96. The van der Waals surface area contributed by atoms with E-state index in [1.807, 2.05) is 0 Å². The van der Waals surface area contributed by atoms with Crippen LogP contribution in [0, 0.1) is 11.6 Å². The second-order valence-corrected chi connectivity index (χ2v) is 5.26. The molecule has 1 heterocycles. The van der Waals surface area contributed by atoms with Gasteiger partial charge in [-0.2, -0.15) is 0 Å². The molecule has 130 valence electrons. The summed E-state index contributed by atoms with van der Waals surface area (Å²) in [5.41, 5.74) is -0.920. The summed E-state index contributed by atoms with van der Waals surface area (Å²) in [7, 11) is 0. The third kappa shape index (κ3) is 3.52. The van der Waals surface area contributed by atoms with Crippen LogP contribution in [-0.2, 0) is 0 Å². The van der Waals surface area contributed by atoms with E-state index < -0.39 is 29.1 Å². The second kappa shape index (κ2) is 6.76. The lowest BCUT2D eigenvalue weighted by Crippen LogP contribution is -2.25. The molecule has 25 heavy (non-hydrogen) atoms. The molecular formula is C17H12F2NO5-. The molecular weight excluding hydrogens is 336 g/mol.